The standard InChI is InChI=1S/C12H21N3O/c1-4-16-9-8-15(3)12-11(10(2)13)6-5-7-14-12/h5-7,10H,4,8-9,13H2,1-3H3/t10-/m0/s1. The lowest BCUT2D eigenvalue weighted by molar-refractivity contribution is 0.154. The normalized spacial score (nSPS) is 12.5. The molecule has 0 radical (unpaired) electrons. The topological polar surface area (TPSA) is 51.4 Å². The van der Waals surface area contributed by atoms with Crippen molar-refractivity contribution in [2.75, 3.05) is 31.7 Å². The molecule has 0 fully saturated rings. The third-order valence-corrected chi connectivity index (χ3v) is 2.44. The average molecular weight is 223 g/mol. The highest BCUT2D eigenvalue weighted by Gasteiger charge is 2.11. The molecule has 0 unspecified atom stereocenters. The van der Waals surface area contributed by atoms with E-state index in [0.29, 0.717) is 6.61 Å². The molecule has 0 aliphatic carbocycles. The van der Waals surface area contributed by atoms with Crippen LogP contribution in [0.1, 0.15) is 25.5 Å². The number of nitrogens with two attached hydrogens (primary N) is 1. The summed E-state index contributed by atoms with van der Waals surface area (Å²) < 4.78 is 5.33. The lowest BCUT2D eigenvalue weighted by atomic mass is 10.1. The number of nitrogens with zero attached hydrogens (tertiary/aromatic N) is 2. The third kappa shape index (κ3) is 3.47. The summed E-state index contributed by atoms with van der Waals surface area (Å²) in [6.07, 6.45) is 1.79. The largest absolute Gasteiger partial charge is 0.380 e. The van der Waals surface area contributed by atoms with Crippen molar-refractivity contribution in [2.45, 2.75) is 19.9 Å². The quantitative estimate of drug-likeness (QED) is 0.744. The van der Waals surface area contributed by atoms with Crippen LogP contribution in [0.4, 0.5) is 5.82 Å². The first kappa shape index (κ1) is 12.9. The molecule has 1 atom stereocenters. The van der Waals surface area contributed by atoms with E-state index in [1.165, 1.54) is 0 Å². The van der Waals surface area contributed by atoms with Crippen molar-refractivity contribution in [2.24, 2.45) is 5.73 Å². The fourth-order valence-electron chi connectivity index (χ4n) is 1.54. The Kier molecular flexibility index (Phi) is 5.22. The number of ether oxygens (including phenoxy) is 1. The smallest absolute Gasteiger partial charge is 0.133 e. The maximum atomic E-state index is 5.91. The van der Waals surface area contributed by atoms with Gasteiger partial charge in [0.15, 0.2) is 0 Å². The molecular weight excluding hydrogens is 202 g/mol. The monoisotopic (exact) mass is 223 g/mol. The summed E-state index contributed by atoms with van der Waals surface area (Å²) in [6, 6.07) is 3.93. The van der Waals surface area contributed by atoms with Gasteiger partial charge in [0.25, 0.3) is 0 Å². The van der Waals surface area contributed by atoms with Crippen LogP contribution in [0.2, 0.25) is 0 Å². The van der Waals surface area contributed by atoms with Gasteiger partial charge in [0.05, 0.1) is 6.61 Å². The summed E-state index contributed by atoms with van der Waals surface area (Å²) in [5, 5.41) is 0. The molecule has 0 bridgehead atoms. The molecule has 1 aromatic rings. The van der Waals surface area contributed by atoms with Crippen LogP contribution in [0.3, 0.4) is 0 Å². The fraction of sp³-hybridized carbons (Fsp3) is 0.583. The van der Waals surface area contributed by atoms with Crippen molar-refractivity contribution in [3.8, 4) is 0 Å². The van der Waals surface area contributed by atoms with Crippen molar-refractivity contribution in [1.82, 2.24) is 4.98 Å². The van der Waals surface area contributed by atoms with Crippen LogP contribution in [0.15, 0.2) is 18.3 Å². The third-order valence-electron chi connectivity index (χ3n) is 2.44. The van der Waals surface area contributed by atoms with E-state index in [1.807, 2.05) is 33.0 Å². The molecule has 1 aromatic heterocycles. The second kappa shape index (κ2) is 6.45. The number of hydrogen-bond acceptors (Lipinski definition) is 4. The highest BCUT2D eigenvalue weighted by atomic mass is 16.5. The molecule has 90 valence electrons. The molecule has 2 N–H and O–H groups in total. The molecule has 4 nitrogen and oxygen atoms in total. The van der Waals surface area contributed by atoms with Crippen LogP contribution in [-0.2, 0) is 4.74 Å². The predicted octanol–water partition coefficient (Wildman–Crippen LogP) is 1.57. The lowest BCUT2D eigenvalue weighted by Crippen LogP contribution is -2.25. The zero-order chi connectivity index (χ0) is 12.0. The van der Waals surface area contributed by atoms with Crippen LogP contribution in [0.5, 0.6) is 0 Å². The van der Waals surface area contributed by atoms with Gasteiger partial charge in [-0.15, -0.1) is 0 Å². The Hall–Kier alpha value is -1.13. The Bertz CT molecular complexity index is 315. The summed E-state index contributed by atoms with van der Waals surface area (Å²) in [5.74, 6) is 0.942. The van der Waals surface area contributed by atoms with E-state index in [1.54, 1.807) is 6.20 Å². The van der Waals surface area contributed by atoms with E-state index in [4.69, 9.17) is 10.5 Å². The van der Waals surface area contributed by atoms with Gasteiger partial charge in [0.1, 0.15) is 5.82 Å². The molecule has 0 saturated carbocycles. The van der Waals surface area contributed by atoms with Gasteiger partial charge in [-0.1, -0.05) is 6.07 Å². The molecule has 4 heteroatoms. The number of hydrogen-bond donors (Lipinski definition) is 1. The Labute approximate surface area is 97.4 Å². The van der Waals surface area contributed by atoms with Crippen molar-refractivity contribution in [3.63, 3.8) is 0 Å². The molecule has 0 aliphatic rings. The first-order valence-electron chi connectivity index (χ1n) is 5.66. The molecule has 1 heterocycles. The van der Waals surface area contributed by atoms with E-state index in [2.05, 4.69) is 9.88 Å². The van der Waals surface area contributed by atoms with E-state index in [-0.39, 0.29) is 6.04 Å². The predicted molar refractivity (Wildman–Crippen MR) is 66.6 cm³/mol. The van der Waals surface area contributed by atoms with Crippen molar-refractivity contribution in [3.05, 3.63) is 23.9 Å². The summed E-state index contributed by atoms with van der Waals surface area (Å²) in [5.41, 5.74) is 6.98. The van der Waals surface area contributed by atoms with Gasteiger partial charge in [-0.05, 0) is 19.9 Å². The molecule has 1 rings (SSSR count). The maximum Gasteiger partial charge on any atom is 0.133 e. The number of pyridine rings is 1. The zero-order valence-corrected chi connectivity index (χ0v) is 10.3. The SMILES string of the molecule is CCOCCN(C)c1ncccc1[C@H](C)N. The summed E-state index contributed by atoms with van der Waals surface area (Å²) in [4.78, 5) is 6.45. The summed E-state index contributed by atoms with van der Waals surface area (Å²) in [6.45, 7) is 6.24. The Morgan fingerprint density at radius 3 is 2.94 bits per heavy atom. The number of rotatable bonds is 6. The summed E-state index contributed by atoms with van der Waals surface area (Å²) in [7, 11) is 2.01. The molecule has 16 heavy (non-hydrogen) atoms. The van der Waals surface area contributed by atoms with Crippen LogP contribution >= 0.6 is 0 Å². The Balaban J connectivity index is 2.70. The van der Waals surface area contributed by atoms with Gasteiger partial charge in [-0.3, -0.25) is 0 Å². The number of aromatic nitrogens is 1. The molecule has 0 saturated heterocycles. The molecule has 0 aromatic carbocycles. The van der Waals surface area contributed by atoms with Crippen molar-refractivity contribution < 1.29 is 4.74 Å². The summed E-state index contributed by atoms with van der Waals surface area (Å²) >= 11 is 0. The lowest BCUT2D eigenvalue weighted by Gasteiger charge is -2.22. The van der Waals surface area contributed by atoms with Gasteiger partial charge in [-0.25, -0.2) is 4.98 Å². The van der Waals surface area contributed by atoms with Gasteiger partial charge in [-0.2, -0.15) is 0 Å². The minimum atomic E-state index is -0.00163. The minimum absolute atomic E-state index is 0.00163. The number of anilines is 1. The van der Waals surface area contributed by atoms with Crippen LogP contribution in [0, 0.1) is 0 Å². The first-order valence-corrected chi connectivity index (χ1v) is 5.66. The van der Waals surface area contributed by atoms with Gasteiger partial charge in [0, 0.05) is 38.0 Å². The first-order chi connectivity index (χ1) is 7.66. The zero-order valence-electron chi connectivity index (χ0n) is 10.3. The minimum Gasteiger partial charge on any atom is -0.380 e. The van der Waals surface area contributed by atoms with Gasteiger partial charge >= 0.3 is 0 Å². The van der Waals surface area contributed by atoms with Gasteiger partial charge in [0.2, 0.25) is 0 Å². The van der Waals surface area contributed by atoms with Crippen LogP contribution < -0.4 is 10.6 Å². The molecular formula is C12H21N3O. The maximum absolute atomic E-state index is 5.91. The highest BCUT2D eigenvalue weighted by molar-refractivity contribution is 5.47. The number of likely N-dealkylation sites (N-methyl/N-ethyl adjacent to an activating group) is 1. The fourth-order valence-corrected chi connectivity index (χ4v) is 1.54. The van der Waals surface area contributed by atoms with E-state index in [0.717, 1.165) is 24.5 Å². The van der Waals surface area contributed by atoms with Crippen LogP contribution in [0.25, 0.3) is 0 Å². The Morgan fingerprint density at radius 2 is 2.31 bits per heavy atom. The molecule has 0 aliphatic heterocycles. The second-order valence-electron chi connectivity index (χ2n) is 3.82. The Morgan fingerprint density at radius 1 is 1.56 bits per heavy atom. The van der Waals surface area contributed by atoms with E-state index < -0.39 is 0 Å². The van der Waals surface area contributed by atoms with Crippen molar-refractivity contribution in [1.29, 1.82) is 0 Å². The van der Waals surface area contributed by atoms with Gasteiger partial charge < -0.3 is 15.4 Å². The molecule has 0 spiro atoms. The van der Waals surface area contributed by atoms with Crippen molar-refractivity contribution >= 4 is 5.82 Å². The van der Waals surface area contributed by atoms with E-state index >= 15 is 0 Å². The molecule has 0 amide bonds. The average Bonchev–Trinajstić information content (AvgIpc) is 2.29. The van der Waals surface area contributed by atoms with Crippen LogP contribution in [-0.4, -0.2) is 31.8 Å². The second-order valence-corrected chi connectivity index (χ2v) is 3.82. The van der Waals surface area contributed by atoms with E-state index in [9.17, 15) is 0 Å². The highest BCUT2D eigenvalue weighted by Crippen LogP contribution is 2.20.